The van der Waals surface area contributed by atoms with Gasteiger partial charge in [-0.05, 0) is 79.1 Å². The lowest BCUT2D eigenvalue weighted by atomic mass is 10.1. The summed E-state index contributed by atoms with van der Waals surface area (Å²) in [7, 11) is 1.43. The number of benzene rings is 3. The number of furan rings is 1. The van der Waals surface area contributed by atoms with E-state index in [4.69, 9.17) is 13.6 Å². The topological polar surface area (TPSA) is 121 Å². The first-order valence-electron chi connectivity index (χ1n) is 11.5. The lowest BCUT2D eigenvalue weighted by molar-refractivity contribution is -0.384. The minimum atomic E-state index is -0.521. The molecule has 0 aliphatic carbocycles. The quantitative estimate of drug-likeness (QED) is 0.209. The number of rotatable bonds is 7. The number of carbonyl (C=O) groups is 1. The van der Waals surface area contributed by atoms with Gasteiger partial charge in [0.2, 0.25) is 5.89 Å². The van der Waals surface area contributed by atoms with Crippen molar-refractivity contribution < 1.29 is 23.3 Å². The van der Waals surface area contributed by atoms with Gasteiger partial charge in [0.1, 0.15) is 17.0 Å². The molecule has 3 aromatic carbocycles. The van der Waals surface area contributed by atoms with E-state index in [1.54, 1.807) is 6.07 Å². The maximum absolute atomic E-state index is 12.6. The third-order valence-electron chi connectivity index (χ3n) is 6.15. The zero-order chi connectivity index (χ0) is 26.1. The van der Waals surface area contributed by atoms with Crippen LogP contribution in [0.25, 0.3) is 33.9 Å². The van der Waals surface area contributed by atoms with Gasteiger partial charge in [-0.25, -0.2) is 4.98 Å². The summed E-state index contributed by atoms with van der Waals surface area (Å²) in [4.78, 5) is 28.2. The summed E-state index contributed by atoms with van der Waals surface area (Å²) in [5.74, 6) is 0.719. The number of nitrogens with one attached hydrogen (secondary N) is 1. The molecule has 9 heteroatoms. The van der Waals surface area contributed by atoms with Gasteiger partial charge < -0.3 is 18.9 Å². The molecule has 0 radical (unpaired) electrons. The normalized spacial score (nSPS) is 11.0. The number of nitro benzene ring substituents is 1. The van der Waals surface area contributed by atoms with Crippen LogP contribution in [-0.2, 0) is 6.54 Å². The maximum Gasteiger partial charge on any atom is 0.287 e. The molecule has 37 heavy (non-hydrogen) atoms. The van der Waals surface area contributed by atoms with Gasteiger partial charge in [0.25, 0.3) is 11.6 Å². The molecule has 0 aliphatic heterocycles. The minimum absolute atomic E-state index is 0.0498. The number of aromatic nitrogens is 1. The van der Waals surface area contributed by atoms with E-state index in [0.29, 0.717) is 11.6 Å². The molecule has 0 fully saturated rings. The third kappa shape index (κ3) is 4.79. The second-order valence-electron chi connectivity index (χ2n) is 8.61. The predicted molar refractivity (Wildman–Crippen MR) is 137 cm³/mol. The first-order chi connectivity index (χ1) is 17.8. The molecule has 1 amide bonds. The van der Waals surface area contributed by atoms with E-state index < -0.39 is 10.8 Å². The average Bonchev–Trinajstić information content (AvgIpc) is 3.55. The number of aryl methyl sites for hydroxylation is 2. The summed E-state index contributed by atoms with van der Waals surface area (Å²) in [5, 5.41) is 14.3. The molecule has 0 unspecified atom stereocenters. The van der Waals surface area contributed by atoms with Crippen molar-refractivity contribution in [3.05, 3.63) is 99.3 Å². The van der Waals surface area contributed by atoms with Gasteiger partial charge in [-0.2, -0.15) is 0 Å². The molecule has 186 valence electrons. The number of carbonyl (C=O) groups excluding carboxylic acids is 1. The van der Waals surface area contributed by atoms with Crippen LogP contribution in [0.1, 0.15) is 27.2 Å². The van der Waals surface area contributed by atoms with Crippen molar-refractivity contribution in [2.24, 2.45) is 0 Å². The van der Waals surface area contributed by atoms with Crippen molar-refractivity contribution >= 4 is 22.7 Å². The molecule has 0 saturated heterocycles. The largest absolute Gasteiger partial charge is 0.497 e. The summed E-state index contributed by atoms with van der Waals surface area (Å²) in [6.45, 7) is 4.34. The Hall–Kier alpha value is -4.92. The van der Waals surface area contributed by atoms with Gasteiger partial charge in [0.15, 0.2) is 11.3 Å². The van der Waals surface area contributed by atoms with Crippen molar-refractivity contribution in [2.75, 3.05) is 7.11 Å². The summed E-state index contributed by atoms with van der Waals surface area (Å²) < 4.78 is 16.6. The molecule has 5 rings (SSSR count). The van der Waals surface area contributed by atoms with Crippen molar-refractivity contribution in [1.29, 1.82) is 0 Å². The van der Waals surface area contributed by atoms with Crippen LogP contribution >= 0.6 is 0 Å². The predicted octanol–water partition coefficient (Wildman–Crippen LogP) is 6.22. The number of oxazole rings is 1. The van der Waals surface area contributed by atoms with Gasteiger partial charge in [-0.15, -0.1) is 0 Å². The molecular formula is C28H23N3O6. The van der Waals surface area contributed by atoms with Crippen LogP contribution in [0.15, 0.2) is 75.6 Å². The second-order valence-corrected chi connectivity index (χ2v) is 8.61. The number of ether oxygens (including phenoxy) is 1. The van der Waals surface area contributed by atoms with Crippen molar-refractivity contribution in [2.45, 2.75) is 20.4 Å². The van der Waals surface area contributed by atoms with Crippen LogP contribution in [0.5, 0.6) is 5.75 Å². The highest BCUT2D eigenvalue weighted by atomic mass is 16.6. The Morgan fingerprint density at radius 2 is 1.76 bits per heavy atom. The second kappa shape index (κ2) is 9.62. The smallest absolute Gasteiger partial charge is 0.287 e. The summed E-state index contributed by atoms with van der Waals surface area (Å²) in [6, 6.07) is 19.0. The Bertz CT molecular complexity index is 1590. The van der Waals surface area contributed by atoms with Crippen LogP contribution in [0.3, 0.4) is 0 Å². The first-order valence-corrected chi connectivity index (χ1v) is 11.5. The highest BCUT2D eigenvalue weighted by molar-refractivity contribution is 5.92. The molecule has 9 nitrogen and oxygen atoms in total. The van der Waals surface area contributed by atoms with E-state index in [0.717, 1.165) is 33.4 Å². The summed E-state index contributed by atoms with van der Waals surface area (Å²) in [5.41, 5.74) is 5.64. The molecule has 2 heterocycles. The third-order valence-corrected chi connectivity index (χ3v) is 6.15. The molecule has 0 saturated carbocycles. The molecule has 0 spiro atoms. The molecular weight excluding hydrogens is 474 g/mol. The number of nitrogens with zero attached hydrogens (tertiary/aromatic N) is 2. The number of fused-ring (bicyclic) bond motifs is 1. The van der Waals surface area contributed by atoms with E-state index in [1.807, 2.05) is 50.2 Å². The first kappa shape index (κ1) is 23.8. The number of hydrogen-bond acceptors (Lipinski definition) is 7. The Morgan fingerprint density at radius 3 is 2.49 bits per heavy atom. The van der Waals surface area contributed by atoms with Gasteiger partial charge in [0, 0.05) is 12.1 Å². The highest BCUT2D eigenvalue weighted by Crippen LogP contribution is 2.34. The van der Waals surface area contributed by atoms with Gasteiger partial charge >= 0.3 is 0 Å². The van der Waals surface area contributed by atoms with Gasteiger partial charge in [0.05, 0.1) is 23.7 Å². The number of methoxy groups -OCH3 is 1. The lowest BCUT2D eigenvalue weighted by Crippen LogP contribution is -2.22. The van der Waals surface area contributed by atoms with Crippen LogP contribution in [0, 0.1) is 24.0 Å². The van der Waals surface area contributed by atoms with E-state index in [2.05, 4.69) is 10.3 Å². The molecule has 0 bridgehead atoms. The Morgan fingerprint density at radius 1 is 1.00 bits per heavy atom. The standard InChI is InChI=1S/C28H23N3O6/c1-16-12-22-26(13-17(16)2)37-28(30-22)19-6-4-18(5-7-19)15-29-27(32)25-11-10-24(36-25)21-9-8-20(35-3)14-23(21)31(33)34/h4-14H,15H2,1-3H3,(H,29,32). The van der Waals surface area contributed by atoms with Crippen LogP contribution in [-0.4, -0.2) is 22.9 Å². The van der Waals surface area contributed by atoms with Crippen LogP contribution in [0.4, 0.5) is 5.69 Å². The van der Waals surface area contributed by atoms with E-state index in [-0.39, 0.29) is 29.3 Å². The van der Waals surface area contributed by atoms with E-state index >= 15 is 0 Å². The zero-order valence-corrected chi connectivity index (χ0v) is 20.4. The molecule has 5 aromatic rings. The zero-order valence-electron chi connectivity index (χ0n) is 20.4. The molecule has 0 atom stereocenters. The molecule has 2 aromatic heterocycles. The van der Waals surface area contributed by atoms with Crippen LogP contribution < -0.4 is 10.1 Å². The Labute approximate surface area is 211 Å². The SMILES string of the molecule is COc1ccc(-c2ccc(C(=O)NCc3ccc(-c4nc5cc(C)c(C)cc5o4)cc3)o2)c([N+](=O)[O-])c1. The Kier molecular flexibility index (Phi) is 6.19. The van der Waals surface area contributed by atoms with Crippen molar-refractivity contribution in [3.63, 3.8) is 0 Å². The number of nitro groups is 1. The molecule has 0 aliphatic rings. The fraction of sp³-hybridized carbons (Fsp3) is 0.143. The minimum Gasteiger partial charge on any atom is -0.497 e. The number of amides is 1. The van der Waals surface area contributed by atoms with Crippen molar-refractivity contribution in [1.82, 2.24) is 10.3 Å². The van der Waals surface area contributed by atoms with Gasteiger partial charge in [-0.1, -0.05) is 12.1 Å². The molecule has 1 N–H and O–H groups in total. The number of hydrogen-bond donors (Lipinski definition) is 1. The average molecular weight is 498 g/mol. The highest BCUT2D eigenvalue weighted by Gasteiger charge is 2.21. The van der Waals surface area contributed by atoms with Gasteiger partial charge in [-0.3, -0.25) is 14.9 Å². The Balaban J connectivity index is 1.26. The van der Waals surface area contributed by atoms with E-state index in [9.17, 15) is 14.9 Å². The fourth-order valence-electron chi connectivity index (χ4n) is 3.94. The fourth-order valence-corrected chi connectivity index (χ4v) is 3.94. The van der Waals surface area contributed by atoms with E-state index in [1.165, 1.54) is 31.4 Å². The monoisotopic (exact) mass is 497 g/mol. The summed E-state index contributed by atoms with van der Waals surface area (Å²) >= 11 is 0. The summed E-state index contributed by atoms with van der Waals surface area (Å²) in [6.07, 6.45) is 0. The lowest BCUT2D eigenvalue weighted by Gasteiger charge is -2.05. The van der Waals surface area contributed by atoms with Crippen molar-refractivity contribution in [3.8, 4) is 28.5 Å². The van der Waals surface area contributed by atoms with Crippen LogP contribution in [0.2, 0.25) is 0 Å². The maximum atomic E-state index is 12.6.